The van der Waals surface area contributed by atoms with E-state index in [-0.39, 0.29) is 0 Å². The summed E-state index contributed by atoms with van der Waals surface area (Å²) in [6.45, 7) is 6.47. The lowest BCUT2D eigenvalue weighted by atomic mass is 10.0. The molecule has 122 valence electrons. The quantitative estimate of drug-likeness (QED) is 0.868. The zero-order valence-corrected chi connectivity index (χ0v) is 13.6. The summed E-state index contributed by atoms with van der Waals surface area (Å²) in [4.78, 5) is 14.0. The predicted molar refractivity (Wildman–Crippen MR) is 88.3 cm³/mol. The molecule has 0 N–H and O–H groups in total. The fourth-order valence-electron chi connectivity index (χ4n) is 3.77. The van der Waals surface area contributed by atoms with Crippen LogP contribution in [0.5, 0.6) is 0 Å². The van der Waals surface area contributed by atoms with E-state index in [0.29, 0.717) is 11.7 Å². The number of anilines is 1. The number of aryl methyl sites for hydroxylation is 1. The van der Waals surface area contributed by atoms with Crippen LogP contribution in [0.15, 0.2) is 22.9 Å². The lowest BCUT2D eigenvalue weighted by molar-refractivity contribution is 0.207. The number of likely N-dealkylation sites (tertiary alicyclic amines) is 1. The van der Waals surface area contributed by atoms with Gasteiger partial charge in [-0.2, -0.15) is 4.98 Å². The second-order valence-corrected chi connectivity index (χ2v) is 6.48. The Balaban J connectivity index is 1.51. The third kappa shape index (κ3) is 2.95. The van der Waals surface area contributed by atoms with Crippen molar-refractivity contribution in [2.24, 2.45) is 0 Å². The molecule has 2 aliphatic rings. The first-order chi connectivity index (χ1) is 11.3. The topological polar surface area (TPSA) is 58.3 Å². The molecule has 0 spiro atoms. The van der Waals surface area contributed by atoms with Crippen LogP contribution in [-0.2, 0) is 0 Å². The molecule has 0 bridgehead atoms. The fourth-order valence-corrected chi connectivity index (χ4v) is 3.77. The lowest BCUT2D eigenvalue weighted by Gasteiger charge is -2.37. The molecule has 2 fully saturated rings. The highest BCUT2D eigenvalue weighted by molar-refractivity contribution is 5.69. The van der Waals surface area contributed by atoms with Crippen LogP contribution < -0.4 is 4.90 Å². The van der Waals surface area contributed by atoms with Gasteiger partial charge in [0.05, 0.1) is 5.56 Å². The lowest BCUT2D eigenvalue weighted by Crippen LogP contribution is -2.44. The van der Waals surface area contributed by atoms with Gasteiger partial charge in [-0.05, 0) is 57.8 Å². The molecule has 0 saturated carbocycles. The molecular formula is C17H23N5O. The standard InChI is InChI=1S/C17H23N5O/c1-13-19-17(23-20-13)15-5-4-8-18-16(15)22-11-6-14(7-12-22)21-9-2-3-10-21/h4-5,8,14H,2-3,6-7,9-12H2,1H3. The van der Waals surface area contributed by atoms with E-state index in [9.17, 15) is 0 Å². The molecule has 6 heteroatoms. The van der Waals surface area contributed by atoms with Crippen LogP contribution in [0.4, 0.5) is 5.82 Å². The maximum Gasteiger partial charge on any atom is 0.261 e. The number of piperidine rings is 1. The van der Waals surface area contributed by atoms with Gasteiger partial charge in [-0.15, -0.1) is 0 Å². The van der Waals surface area contributed by atoms with Gasteiger partial charge in [0.1, 0.15) is 5.82 Å². The van der Waals surface area contributed by atoms with Crippen LogP contribution >= 0.6 is 0 Å². The van der Waals surface area contributed by atoms with E-state index in [2.05, 4.69) is 24.9 Å². The molecule has 2 aromatic rings. The minimum absolute atomic E-state index is 0.562. The largest absolute Gasteiger partial charge is 0.356 e. The summed E-state index contributed by atoms with van der Waals surface area (Å²) in [7, 11) is 0. The van der Waals surface area contributed by atoms with E-state index < -0.39 is 0 Å². The van der Waals surface area contributed by atoms with Gasteiger partial charge >= 0.3 is 0 Å². The first-order valence-corrected chi connectivity index (χ1v) is 8.56. The average Bonchev–Trinajstić information content (AvgIpc) is 3.27. The number of aromatic nitrogens is 3. The van der Waals surface area contributed by atoms with Crippen molar-refractivity contribution in [2.75, 3.05) is 31.1 Å². The van der Waals surface area contributed by atoms with Crippen LogP contribution in [0.3, 0.4) is 0 Å². The molecule has 23 heavy (non-hydrogen) atoms. The van der Waals surface area contributed by atoms with Crippen molar-refractivity contribution in [1.29, 1.82) is 0 Å². The summed E-state index contributed by atoms with van der Waals surface area (Å²) in [6.07, 6.45) is 6.98. The van der Waals surface area contributed by atoms with Crippen LogP contribution in [0.1, 0.15) is 31.5 Å². The van der Waals surface area contributed by atoms with Crippen molar-refractivity contribution < 1.29 is 4.52 Å². The Kier molecular flexibility index (Phi) is 3.99. The van der Waals surface area contributed by atoms with Gasteiger partial charge in [-0.1, -0.05) is 5.16 Å². The van der Waals surface area contributed by atoms with Crippen LogP contribution in [-0.4, -0.2) is 52.2 Å². The Labute approximate surface area is 136 Å². The molecule has 0 aliphatic carbocycles. The summed E-state index contributed by atoms with van der Waals surface area (Å²) in [5, 5.41) is 3.90. The summed E-state index contributed by atoms with van der Waals surface area (Å²) < 4.78 is 5.35. The molecule has 0 atom stereocenters. The van der Waals surface area contributed by atoms with Gasteiger partial charge in [0.15, 0.2) is 5.82 Å². The molecule has 0 unspecified atom stereocenters. The van der Waals surface area contributed by atoms with E-state index in [1.807, 2.05) is 25.3 Å². The summed E-state index contributed by atoms with van der Waals surface area (Å²) >= 11 is 0. The number of rotatable bonds is 3. The average molecular weight is 313 g/mol. The Morgan fingerprint density at radius 1 is 1.13 bits per heavy atom. The van der Waals surface area contributed by atoms with Crippen LogP contribution in [0.25, 0.3) is 11.5 Å². The van der Waals surface area contributed by atoms with E-state index in [4.69, 9.17) is 4.52 Å². The second-order valence-electron chi connectivity index (χ2n) is 6.48. The maximum absolute atomic E-state index is 5.35. The molecule has 6 nitrogen and oxygen atoms in total. The van der Waals surface area contributed by atoms with Crippen molar-refractivity contribution in [3.05, 3.63) is 24.2 Å². The molecule has 2 aliphatic heterocycles. The van der Waals surface area contributed by atoms with E-state index in [0.717, 1.165) is 30.5 Å². The van der Waals surface area contributed by atoms with Gasteiger partial charge in [-0.3, -0.25) is 0 Å². The molecule has 4 heterocycles. The number of hydrogen-bond donors (Lipinski definition) is 0. The molecule has 0 amide bonds. The minimum atomic E-state index is 0.562. The first-order valence-electron chi connectivity index (χ1n) is 8.56. The molecule has 0 aromatic carbocycles. The van der Waals surface area contributed by atoms with Crippen molar-refractivity contribution in [3.63, 3.8) is 0 Å². The summed E-state index contributed by atoms with van der Waals surface area (Å²) in [6, 6.07) is 4.68. The van der Waals surface area contributed by atoms with Gasteiger partial charge in [0.25, 0.3) is 5.89 Å². The number of hydrogen-bond acceptors (Lipinski definition) is 6. The highest BCUT2D eigenvalue weighted by Gasteiger charge is 2.28. The SMILES string of the molecule is Cc1noc(-c2cccnc2N2CCC(N3CCCC3)CC2)n1. The van der Waals surface area contributed by atoms with Crippen molar-refractivity contribution in [1.82, 2.24) is 20.0 Å². The Hall–Kier alpha value is -1.95. The van der Waals surface area contributed by atoms with Crippen molar-refractivity contribution in [2.45, 2.75) is 38.6 Å². The van der Waals surface area contributed by atoms with E-state index >= 15 is 0 Å². The highest BCUT2D eigenvalue weighted by Crippen LogP contribution is 2.30. The molecule has 2 aromatic heterocycles. The molecular weight excluding hydrogens is 290 g/mol. The normalized spacial score (nSPS) is 20.3. The van der Waals surface area contributed by atoms with E-state index in [1.165, 1.54) is 38.8 Å². The maximum atomic E-state index is 5.35. The van der Waals surface area contributed by atoms with E-state index in [1.54, 1.807) is 0 Å². The highest BCUT2D eigenvalue weighted by atomic mass is 16.5. The second kappa shape index (κ2) is 6.28. The summed E-state index contributed by atoms with van der Waals surface area (Å²) in [5.74, 6) is 2.19. The van der Waals surface area contributed by atoms with Crippen LogP contribution in [0.2, 0.25) is 0 Å². The monoisotopic (exact) mass is 313 g/mol. The van der Waals surface area contributed by atoms with Crippen LogP contribution in [0, 0.1) is 6.92 Å². The molecule has 2 saturated heterocycles. The third-order valence-corrected chi connectivity index (χ3v) is 4.97. The van der Waals surface area contributed by atoms with Gasteiger partial charge in [0, 0.05) is 25.3 Å². The smallest absolute Gasteiger partial charge is 0.261 e. The van der Waals surface area contributed by atoms with Gasteiger partial charge in [0.2, 0.25) is 0 Å². The molecule has 4 rings (SSSR count). The predicted octanol–water partition coefficient (Wildman–Crippen LogP) is 2.50. The first kappa shape index (κ1) is 14.6. The van der Waals surface area contributed by atoms with Gasteiger partial charge in [-0.25, -0.2) is 4.98 Å². The minimum Gasteiger partial charge on any atom is -0.356 e. The number of nitrogens with zero attached hydrogens (tertiary/aromatic N) is 5. The van der Waals surface area contributed by atoms with Crippen molar-refractivity contribution in [3.8, 4) is 11.5 Å². The van der Waals surface area contributed by atoms with Crippen molar-refractivity contribution >= 4 is 5.82 Å². The molecule has 0 radical (unpaired) electrons. The third-order valence-electron chi connectivity index (χ3n) is 4.97. The summed E-state index contributed by atoms with van der Waals surface area (Å²) in [5.41, 5.74) is 0.938. The zero-order valence-electron chi connectivity index (χ0n) is 13.6. The Bertz CT molecular complexity index is 657. The Morgan fingerprint density at radius 2 is 1.91 bits per heavy atom. The van der Waals surface area contributed by atoms with Gasteiger partial charge < -0.3 is 14.3 Å². The Morgan fingerprint density at radius 3 is 2.61 bits per heavy atom. The zero-order chi connectivity index (χ0) is 15.6. The fraction of sp³-hybridized carbons (Fsp3) is 0.588. The number of pyridine rings is 1.